The Morgan fingerprint density at radius 1 is 1.10 bits per heavy atom. The molecule has 10 nitrogen and oxygen atoms in total. The SMILES string of the molecule is COC(=O)CCN(Cc1ccc(Cl)c(Cl)c1)C(=O)CN1CNC2CCC(N3CCN(C(C)=O)CC3)CC2C1=O. The van der Waals surface area contributed by atoms with Gasteiger partial charge in [0.15, 0.2) is 0 Å². The molecule has 2 heterocycles. The number of rotatable bonds is 8. The highest BCUT2D eigenvalue weighted by Crippen LogP contribution is 2.32. The van der Waals surface area contributed by atoms with Gasteiger partial charge < -0.3 is 19.4 Å². The molecule has 3 unspecified atom stereocenters. The maximum Gasteiger partial charge on any atom is 0.307 e. The minimum absolute atomic E-state index is 0.0124. The topological polar surface area (TPSA) is 102 Å². The highest BCUT2D eigenvalue weighted by atomic mass is 35.5. The molecule has 1 aromatic rings. The van der Waals surface area contributed by atoms with Crippen molar-refractivity contribution in [2.75, 3.05) is 53.0 Å². The zero-order valence-electron chi connectivity index (χ0n) is 22.5. The van der Waals surface area contributed by atoms with Crippen molar-refractivity contribution in [3.05, 3.63) is 33.8 Å². The van der Waals surface area contributed by atoms with Crippen LogP contribution in [0.25, 0.3) is 0 Å². The fourth-order valence-electron chi connectivity index (χ4n) is 5.81. The van der Waals surface area contributed by atoms with E-state index in [-0.39, 0.29) is 61.8 Å². The van der Waals surface area contributed by atoms with E-state index in [2.05, 4.69) is 10.2 Å². The molecule has 0 radical (unpaired) electrons. The van der Waals surface area contributed by atoms with Crippen LogP contribution in [0.1, 0.15) is 38.2 Å². The molecule has 4 rings (SSSR count). The highest BCUT2D eigenvalue weighted by molar-refractivity contribution is 6.42. The van der Waals surface area contributed by atoms with Gasteiger partial charge in [-0.3, -0.25) is 29.4 Å². The summed E-state index contributed by atoms with van der Waals surface area (Å²) in [5.74, 6) is -0.786. The number of nitrogens with zero attached hydrogens (tertiary/aromatic N) is 4. The van der Waals surface area contributed by atoms with Gasteiger partial charge >= 0.3 is 5.97 Å². The minimum Gasteiger partial charge on any atom is -0.469 e. The third kappa shape index (κ3) is 7.42. The third-order valence-electron chi connectivity index (χ3n) is 8.12. The van der Waals surface area contributed by atoms with E-state index in [1.807, 2.05) is 4.90 Å². The molecule has 0 bridgehead atoms. The molecular weight excluding hydrogens is 545 g/mol. The van der Waals surface area contributed by atoms with Gasteiger partial charge in [-0.15, -0.1) is 0 Å². The summed E-state index contributed by atoms with van der Waals surface area (Å²) in [6.45, 7) is 5.27. The lowest BCUT2D eigenvalue weighted by atomic mass is 9.79. The van der Waals surface area contributed by atoms with Crippen molar-refractivity contribution in [2.24, 2.45) is 5.92 Å². The first-order chi connectivity index (χ1) is 18.7. The van der Waals surface area contributed by atoms with Crippen molar-refractivity contribution in [2.45, 2.75) is 51.2 Å². The van der Waals surface area contributed by atoms with Crippen molar-refractivity contribution in [1.82, 2.24) is 24.9 Å². The number of ether oxygens (including phenoxy) is 1. The first-order valence-electron chi connectivity index (χ1n) is 13.5. The van der Waals surface area contributed by atoms with Crippen LogP contribution in [0.4, 0.5) is 0 Å². The maximum atomic E-state index is 13.6. The van der Waals surface area contributed by atoms with E-state index in [0.717, 1.165) is 37.9 Å². The van der Waals surface area contributed by atoms with E-state index < -0.39 is 5.97 Å². The zero-order chi connectivity index (χ0) is 28.1. The molecule has 12 heteroatoms. The van der Waals surface area contributed by atoms with Gasteiger partial charge in [0, 0.05) is 58.3 Å². The summed E-state index contributed by atoms with van der Waals surface area (Å²) in [5, 5.41) is 4.27. The lowest BCUT2D eigenvalue weighted by molar-refractivity contribution is -0.150. The lowest BCUT2D eigenvalue weighted by Crippen LogP contribution is -2.62. The summed E-state index contributed by atoms with van der Waals surface area (Å²) < 4.78 is 4.76. The Morgan fingerprint density at radius 3 is 2.51 bits per heavy atom. The molecule has 1 aromatic carbocycles. The Hall–Kier alpha value is -2.40. The van der Waals surface area contributed by atoms with Crippen LogP contribution in [0.15, 0.2) is 18.2 Å². The average Bonchev–Trinajstić information content (AvgIpc) is 2.94. The minimum atomic E-state index is -0.419. The quantitative estimate of drug-likeness (QED) is 0.468. The lowest BCUT2D eigenvalue weighted by Gasteiger charge is -2.47. The highest BCUT2D eigenvalue weighted by Gasteiger charge is 2.43. The van der Waals surface area contributed by atoms with Gasteiger partial charge in [-0.2, -0.15) is 0 Å². The molecule has 214 valence electrons. The first kappa shape index (κ1) is 29.6. The van der Waals surface area contributed by atoms with E-state index in [1.54, 1.807) is 34.9 Å². The van der Waals surface area contributed by atoms with Gasteiger partial charge in [-0.1, -0.05) is 29.3 Å². The summed E-state index contributed by atoms with van der Waals surface area (Å²) in [6.07, 6.45) is 2.68. The standard InChI is InChI=1S/C27H37Cl2N5O5/c1-18(35)31-9-11-32(12-10-31)20-4-6-24-21(14-20)27(38)34(17-30-24)16-25(36)33(8-7-26(37)39-2)15-19-3-5-22(28)23(29)13-19/h3,5,13,20-21,24,30H,4,6-12,14-17H2,1-2H3. The smallest absolute Gasteiger partial charge is 0.307 e. The van der Waals surface area contributed by atoms with Crippen molar-refractivity contribution in [3.8, 4) is 0 Å². The number of benzene rings is 1. The molecule has 1 aliphatic carbocycles. The van der Waals surface area contributed by atoms with E-state index in [9.17, 15) is 19.2 Å². The van der Waals surface area contributed by atoms with Gasteiger partial charge in [0.2, 0.25) is 17.7 Å². The average molecular weight is 583 g/mol. The van der Waals surface area contributed by atoms with Crippen molar-refractivity contribution in [3.63, 3.8) is 0 Å². The molecular formula is C27H37Cl2N5O5. The predicted octanol–water partition coefficient (Wildman–Crippen LogP) is 1.98. The molecule has 39 heavy (non-hydrogen) atoms. The number of piperazine rings is 1. The zero-order valence-corrected chi connectivity index (χ0v) is 24.0. The second-order valence-corrected chi connectivity index (χ2v) is 11.3. The number of halogens is 2. The van der Waals surface area contributed by atoms with Gasteiger partial charge in [-0.25, -0.2) is 0 Å². The second-order valence-electron chi connectivity index (χ2n) is 10.5. The van der Waals surface area contributed by atoms with E-state index in [4.69, 9.17) is 27.9 Å². The Morgan fingerprint density at radius 2 is 1.85 bits per heavy atom. The van der Waals surface area contributed by atoms with Crippen molar-refractivity contribution >= 4 is 46.9 Å². The molecule has 3 fully saturated rings. The Kier molecular flexibility index (Phi) is 10.1. The van der Waals surface area contributed by atoms with Crippen molar-refractivity contribution < 1.29 is 23.9 Å². The second kappa shape index (κ2) is 13.3. The number of carbonyl (C=O) groups excluding carboxylic acids is 4. The molecule has 0 spiro atoms. The van der Waals surface area contributed by atoms with Crippen LogP contribution in [0.5, 0.6) is 0 Å². The van der Waals surface area contributed by atoms with Gasteiger partial charge in [0.1, 0.15) is 6.54 Å². The number of esters is 1. The number of methoxy groups -OCH3 is 1. The normalized spacial score (nSPS) is 23.8. The van der Waals surface area contributed by atoms with Crippen LogP contribution < -0.4 is 5.32 Å². The molecule has 3 amide bonds. The van der Waals surface area contributed by atoms with Crippen LogP contribution in [-0.4, -0.2) is 108 Å². The summed E-state index contributed by atoms with van der Waals surface area (Å²) >= 11 is 12.2. The molecule has 2 aliphatic heterocycles. The number of carbonyl (C=O) groups is 4. The summed E-state index contributed by atoms with van der Waals surface area (Å²) in [5.41, 5.74) is 0.769. The Labute approximate surface area is 239 Å². The summed E-state index contributed by atoms with van der Waals surface area (Å²) in [7, 11) is 1.31. The molecule has 1 saturated carbocycles. The molecule has 2 saturated heterocycles. The van der Waals surface area contributed by atoms with Gasteiger partial charge in [0.05, 0.1) is 36.2 Å². The van der Waals surface area contributed by atoms with Crippen LogP contribution >= 0.6 is 23.2 Å². The molecule has 3 atom stereocenters. The van der Waals surface area contributed by atoms with Crippen LogP contribution in [0.2, 0.25) is 10.0 Å². The largest absolute Gasteiger partial charge is 0.469 e. The first-order valence-corrected chi connectivity index (χ1v) is 14.2. The summed E-state index contributed by atoms with van der Waals surface area (Å²) in [6, 6.07) is 5.53. The Bertz CT molecular complexity index is 1080. The van der Waals surface area contributed by atoms with Crippen LogP contribution in [-0.2, 0) is 30.5 Å². The maximum absolute atomic E-state index is 13.6. The van der Waals surface area contributed by atoms with E-state index >= 15 is 0 Å². The van der Waals surface area contributed by atoms with Gasteiger partial charge in [0.25, 0.3) is 0 Å². The number of hydrogen-bond acceptors (Lipinski definition) is 7. The van der Waals surface area contributed by atoms with Gasteiger partial charge in [-0.05, 0) is 37.0 Å². The van der Waals surface area contributed by atoms with E-state index in [1.165, 1.54) is 7.11 Å². The number of hydrogen-bond donors (Lipinski definition) is 1. The Balaban J connectivity index is 1.38. The number of amides is 3. The van der Waals surface area contributed by atoms with Crippen LogP contribution in [0.3, 0.4) is 0 Å². The monoisotopic (exact) mass is 581 g/mol. The number of nitrogens with one attached hydrogen (secondary N) is 1. The van der Waals surface area contributed by atoms with Crippen LogP contribution in [0, 0.1) is 5.92 Å². The fourth-order valence-corrected chi connectivity index (χ4v) is 6.14. The van der Waals surface area contributed by atoms with E-state index in [0.29, 0.717) is 29.8 Å². The third-order valence-corrected chi connectivity index (χ3v) is 8.86. The van der Waals surface area contributed by atoms with Crippen molar-refractivity contribution in [1.29, 1.82) is 0 Å². The molecule has 3 aliphatic rings. The molecule has 1 N–H and O–H groups in total. The number of fused-ring (bicyclic) bond motifs is 1. The molecule has 0 aromatic heterocycles. The fraction of sp³-hybridized carbons (Fsp3) is 0.630. The predicted molar refractivity (Wildman–Crippen MR) is 147 cm³/mol. The summed E-state index contributed by atoms with van der Waals surface area (Å²) in [4.78, 5) is 57.9.